The van der Waals surface area contributed by atoms with Gasteiger partial charge in [-0.15, -0.1) is 0 Å². The zero-order valence-electron chi connectivity index (χ0n) is 20.1. The number of nitrogens with one attached hydrogen (secondary N) is 2. The first-order valence-electron chi connectivity index (χ1n) is 11.8. The molecule has 1 aliphatic heterocycles. The van der Waals surface area contributed by atoms with Gasteiger partial charge >= 0.3 is 0 Å². The van der Waals surface area contributed by atoms with E-state index >= 15 is 0 Å². The lowest BCUT2D eigenvalue weighted by Gasteiger charge is -2.27. The van der Waals surface area contributed by atoms with Gasteiger partial charge in [0.15, 0.2) is 0 Å². The second-order valence-corrected chi connectivity index (χ2v) is 7.66. The molecule has 0 atom stereocenters. The highest BCUT2D eigenvalue weighted by molar-refractivity contribution is 5.84. The standard InChI is InChI=1S/C25H31N7O3/c1-3-34-21-11-10-20(22(16-21)35-4-2)18-27-31-24-28-23(26-17-19-8-6-5-7-9-19)29-25(30-24)32-12-14-33-15-13-32/h5-11,16,18H,3-4,12-15,17H2,1-2H3,(H2,26,28,29,30,31). The van der Waals surface area contributed by atoms with Gasteiger partial charge in [0.25, 0.3) is 0 Å². The predicted molar refractivity (Wildman–Crippen MR) is 137 cm³/mol. The van der Waals surface area contributed by atoms with Crippen LogP contribution < -0.4 is 25.1 Å². The first kappa shape index (κ1) is 24.2. The molecule has 0 unspecified atom stereocenters. The number of benzene rings is 2. The zero-order chi connectivity index (χ0) is 24.3. The number of rotatable bonds is 11. The van der Waals surface area contributed by atoms with Crippen LogP contribution in [0.5, 0.6) is 11.5 Å². The van der Waals surface area contributed by atoms with E-state index in [4.69, 9.17) is 14.2 Å². The number of hydrazone groups is 1. The summed E-state index contributed by atoms with van der Waals surface area (Å²) in [5, 5.41) is 7.64. The molecule has 10 nitrogen and oxygen atoms in total. The Morgan fingerprint density at radius 2 is 1.74 bits per heavy atom. The van der Waals surface area contributed by atoms with Crippen molar-refractivity contribution < 1.29 is 14.2 Å². The van der Waals surface area contributed by atoms with E-state index in [0.717, 1.165) is 30.0 Å². The highest BCUT2D eigenvalue weighted by Gasteiger charge is 2.16. The van der Waals surface area contributed by atoms with Crippen LogP contribution in [0.4, 0.5) is 17.8 Å². The van der Waals surface area contributed by atoms with E-state index in [1.54, 1.807) is 6.21 Å². The molecule has 0 amide bonds. The van der Waals surface area contributed by atoms with Crippen molar-refractivity contribution in [2.75, 3.05) is 55.2 Å². The topological polar surface area (TPSA) is 106 Å². The summed E-state index contributed by atoms with van der Waals surface area (Å²) >= 11 is 0. The van der Waals surface area contributed by atoms with E-state index in [1.807, 2.05) is 62.4 Å². The molecule has 10 heteroatoms. The van der Waals surface area contributed by atoms with Gasteiger partial charge in [0.1, 0.15) is 11.5 Å². The molecule has 1 fully saturated rings. The smallest absolute Gasteiger partial charge is 0.250 e. The molecule has 0 aliphatic carbocycles. The molecule has 1 aromatic heterocycles. The molecule has 2 N–H and O–H groups in total. The second-order valence-electron chi connectivity index (χ2n) is 7.66. The van der Waals surface area contributed by atoms with Crippen molar-refractivity contribution in [3.05, 3.63) is 59.7 Å². The highest BCUT2D eigenvalue weighted by atomic mass is 16.5. The zero-order valence-corrected chi connectivity index (χ0v) is 20.1. The van der Waals surface area contributed by atoms with Crippen LogP contribution in [0, 0.1) is 0 Å². The lowest BCUT2D eigenvalue weighted by molar-refractivity contribution is 0.122. The minimum Gasteiger partial charge on any atom is -0.494 e. The van der Waals surface area contributed by atoms with E-state index in [9.17, 15) is 0 Å². The van der Waals surface area contributed by atoms with Crippen molar-refractivity contribution in [3.63, 3.8) is 0 Å². The Morgan fingerprint density at radius 3 is 2.51 bits per heavy atom. The molecule has 0 bridgehead atoms. The summed E-state index contributed by atoms with van der Waals surface area (Å²) in [4.78, 5) is 15.8. The average molecular weight is 478 g/mol. The molecular formula is C25H31N7O3. The summed E-state index contributed by atoms with van der Waals surface area (Å²) in [7, 11) is 0. The maximum atomic E-state index is 5.75. The molecule has 1 aliphatic rings. The molecule has 184 valence electrons. The summed E-state index contributed by atoms with van der Waals surface area (Å²) in [5.74, 6) is 2.84. The molecule has 4 rings (SSSR count). The number of aromatic nitrogens is 3. The number of nitrogens with zero attached hydrogens (tertiary/aromatic N) is 5. The van der Waals surface area contributed by atoms with Gasteiger partial charge < -0.3 is 24.4 Å². The highest BCUT2D eigenvalue weighted by Crippen LogP contribution is 2.24. The van der Waals surface area contributed by atoms with Crippen molar-refractivity contribution in [1.29, 1.82) is 0 Å². The largest absolute Gasteiger partial charge is 0.494 e. The Kier molecular flexibility index (Phi) is 8.66. The average Bonchev–Trinajstić information content (AvgIpc) is 2.90. The molecule has 2 heterocycles. The molecule has 0 radical (unpaired) electrons. The van der Waals surface area contributed by atoms with Crippen molar-refractivity contribution in [3.8, 4) is 11.5 Å². The Bertz CT molecular complexity index is 1110. The fourth-order valence-electron chi connectivity index (χ4n) is 3.49. The van der Waals surface area contributed by atoms with Gasteiger partial charge in [0, 0.05) is 31.3 Å². The van der Waals surface area contributed by atoms with Crippen LogP contribution in [0.3, 0.4) is 0 Å². The molecule has 35 heavy (non-hydrogen) atoms. The number of hydrogen-bond donors (Lipinski definition) is 2. The Hall–Kier alpha value is -3.92. The van der Waals surface area contributed by atoms with E-state index in [-0.39, 0.29) is 0 Å². The molecule has 3 aromatic rings. The van der Waals surface area contributed by atoms with Gasteiger partial charge in [-0.25, -0.2) is 5.43 Å². The Labute approximate surface area is 205 Å². The predicted octanol–water partition coefficient (Wildman–Crippen LogP) is 3.56. The molecule has 1 saturated heterocycles. The van der Waals surface area contributed by atoms with Crippen molar-refractivity contribution >= 4 is 24.1 Å². The van der Waals surface area contributed by atoms with Crippen LogP contribution in [0.1, 0.15) is 25.0 Å². The van der Waals surface area contributed by atoms with Crippen LogP contribution in [-0.2, 0) is 11.3 Å². The SMILES string of the molecule is CCOc1ccc(C=NNc2nc(NCc3ccccc3)nc(N3CCOCC3)n2)c(OCC)c1. The Morgan fingerprint density at radius 1 is 0.971 bits per heavy atom. The van der Waals surface area contributed by atoms with Gasteiger partial charge in [0.2, 0.25) is 17.8 Å². The lowest BCUT2D eigenvalue weighted by atomic mass is 10.2. The number of hydrogen-bond acceptors (Lipinski definition) is 10. The maximum absolute atomic E-state index is 5.75. The van der Waals surface area contributed by atoms with Crippen LogP contribution in [-0.4, -0.2) is 60.7 Å². The normalized spacial score (nSPS) is 13.6. The van der Waals surface area contributed by atoms with Gasteiger partial charge in [-0.1, -0.05) is 30.3 Å². The maximum Gasteiger partial charge on any atom is 0.250 e. The summed E-state index contributed by atoms with van der Waals surface area (Å²) in [5.41, 5.74) is 4.89. The third-order valence-corrected chi connectivity index (χ3v) is 5.18. The minimum atomic E-state index is 0.345. The number of morpholine rings is 1. The second kappa shape index (κ2) is 12.5. The molecular weight excluding hydrogens is 446 g/mol. The van der Waals surface area contributed by atoms with Crippen LogP contribution >= 0.6 is 0 Å². The van der Waals surface area contributed by atoms with Crippen LogP contribution in [0.15, 0.2) is 53.6 Å². The van der Waals surface area contributed by atoms with E-state index in [2.05, 4.69) is 35.7 Å². The van der Waals surface area contributed by atoms with Crippen LogP contribution in [0.25, 0.3) is 0 Å². The monoisotopic (exact) mass is 477 g/mol. The third kappa shape index (κ3) is 7.03. The van der Waals surface area contributed by atoms with E-state index in [1.165, 1.54) is 0 Å². The first-order chi connectivity index (χ1) is 17.2. The molecule has 0 spiro atoms. The van der Waals surface area contributed by atoms with E-state index in [0.29, 0.717) is 56.6 Å². The van der Waals surface area contributed by atoms with Gasteiger partial charge in [0.05, 0.1) is 32.6 Å². The fraction of sp³-hybridized carbons (Fsp3) is 0.360. The number of anilines is 3. The quantitative estimate of drug-likeness (QED) is 0.317. The van der Waals surface area contributed by atoms with Crippen molar-refractivity contribution in [2.24, 2.45) is 5.10 Å². The summed E-state index contributed by atoms with van der Waals surface area (Å²) in [6, 6.07) is 15.7. The molecule has 2 aromatic carbocycles. The molecule has 0 saturated carbocycles. The lowest BCUT2D eigenvalue weighted by Crippen LogP contribution is -2.37. The van der Waals surface area contributed by atoms with Gasteiger partial charge in [-0.3, -0.25) is 0 Å². The Balaban J connectivity index is 1.52. The van der Waals surface area contributed by atoms with Crippen LogP contribution in [0.2, 0.25) is 0 Å². The number of ether oxygens (including phenoxy) is 3. The first-order valence-corrected chi connectivity index (χ1v) is 11.8. The summed E-state index contributed by atoms with van der Waals surface area (Å²) in [6.45, 7) is 8.32. The van der Waals surface area contributed by atoms with Gasteiger partial charge in [-0.2, -0.15) is 20.1 Å². The fourth-order valence-corrected chi connectivity index (χ4v) is 3.49. The van der Waals surface area contributed by atoms with Crippen molar-refractivity contribution in [1.82, 2.24) is 15.0 Å². The van der Waals surface area contributed by atoms with Crippen molar-refractivity contribution in [2.45, 2.75) is 20.4 Å². The third-order valence-electron chi connectivity index (χ3n) is 5.18. The van der Waals surface area contributed by atoms with Gasteiger partial charge in [-0.05, 0) is 31.5 Å². The summed E-state index contributed by atoms with van der Waals surface area (Å²) < 4.78 is 16.8. The summed E-state index contributed by atoms with van der Waals surface area (Å²) in [6.07, 6.45) is 1.68. The minimum absolute atomic E-state index is 0.345. The van der Waals surface area contributed by atoms with E-state index < -0.39 is 0 Å².